The van der Waals surface area contributed by atoms with Crippen LogP contribution >= 0.6 is 0 Å². The normalized spacial score (nSPS) is 11.8. The van der Waals surface area contributed by atoms with Gasteiger partial charge in [0.05, 0.1) is 19.8 Å². The molecule has 0 aliphatic rings. The molecule has 0 rings (SSSR count). The molecule has 0 saturated heterocycles. The zero-order valence-electron chi connectivity index (χ0n) is 18.4. The van der Waals surface area contributed by atoms with Crippen molar-refractivity contribution in [2.75, 3.05) is 52.7 Å². The first-order valence-corrected chi connectivity index (χ1v) is 10.8. The molecule has 0 heterocycles. The van der Waals surface area contributed by atoms with E-state index in [4.69, 9.17) is 14.2 Å². The first-order valence-electron chi connectivity index (χ1n) is 10.8. The molecule has 8 nitrogen and oxygen atoms in total. The molecule has 2 amide bonds. The second-order valence-electron chi connectivity index (χ2n) is 6.80. The standard InChI is InChI=1S/C21H40N2O6/c1-4-9-18(19(24)5-2)10-7-8-11-22-21(26)17-29-15-14-28-13-12-23-20(25)16-27-6-3/h18H,4-17H2,1-3H3,(H,22,26)(H,23,25)/t18-/m0/s1. The molecule has 0 aliphatic heterocycles. The van der Waals surface area contributed by atoms with Crippen molar-refractivity contribution in [3.8, 4) is 0 Å². The lowest BCUT2D eigenvalue weighted by molar-refractivity contribution is -0.127. The van der Waals surface area contributed by atoms with Crippen LogP contribution in [0.25, 0.3) is 0 Å². The van der Waals surface area contributed by atoms with Crippen LogP contribution in [0.5, 0.6) is 0 Å². The molecule has 0 radical (unpaired) electrons. The van der Waals surface area contributed by atoms with Gasteiger partial charge in [0.1, 0.15) is 19.0 Å². The fourth-order valence-electron chi connectivity index (χ4n) is 2.79. The summed E-state index contributed by atoms with van der Waals surface area (Å²) in [6.07, 6.45) is 5.28. The van der Waals surface area contributed by atoms with Crippen LogP contribution in [0.2, 0.25) is 0 Å². The minimum atomic E-state index is -0.166. The summed E-state index contributed by atoms with van der Waals surface area (Å²) in [6, 6.07) is 0. The lowest BCUT2D eigenvalue weighted by Crippen LogP contribution is -2.31. The zero-order valence-corrected chi connectivity index (χ0v) is 18.4. The van der Waals surface area contributed by atoms with Gasteiger partial charge in [0.15, 0.2) is 0 Å². The van der Waals surface area contributed by atoms with Gasteiger partial charge in [-0.1, -0.05) is 26.7 Å². The molecule has 0 spiro atoms. The monoisotopic (exact) mass is 416 g/mol. The summed E-state index contributed by atoms with van der Waals surface area (Å²) in [7, 11) is 0. The highest BCUT2D eigenvalue weighted by Crippen LogP contribution is 2.17. The van der Waals surface area contributed by atoms with Gasteiger partial charge in [-0.05, 0) is 26.2 Å². The maximum absolute atomic E-state index is 11.9. The predicted molar refractivity (Wildman–Crippen MR) is 112 cm³/mol. The van der Waals surface area contributed by atoms with E-state index in [1.165, 1.54) is 0 Å². The Morgan fingerprint density at radius 1 is 0.759 bits per heavy atom. The van der Waals surface area contributed by atoms with E-state index in [-0.39, 0.29) is 30.9 Å². The van der Waals surface area contributed by atoms with Crippen LogP contribution in [0.3, 0.4) is 0 Å². The molecule has 2 N–H and O–H groups in total. The van der Waals surface area contributed by atoms with Crippen molar-refractivity contribution in [3.05, 3.63) is 0 Å². The van der Waals surface area contributed by atoms with Crippen LogP contribution in [-0.2, 0) is 28.6 Å². The number of carbonyl (C=O) groups excluding carboxylic acids is 3. The van der Waals surface area contributed by atoms with Gasteiger partial charge in [0.2, 0.25) is 11.8 Å². The van der Waals surface area contributed by atoms with Crippen molar-refractivity contribution in [3.63, 3.8) is 0 Å². The molecule has 0 bridgehead atoms. The zero-order chi connectivity index (χ0) is 21.7. The Morgan fingerprint density at radius 2 is 1.41 bits per heavy atom. The number of hydrogen-bond donors (Lipinski definition) is 2. The number of amides is 2. The van der Waals surface area contributed by atoms with Crippen LogP contribution in [0, 0.1) is 5.92 Å². The summed E-state index contributed by atoms with van der Waals surface area (Å²) in [5.74, 6) is 0.200. The van der Waals surface area contributed by atoms with Gasteiger partial charge in [0, 0.05) is 32.0 Å². The van der Waals surface area contributed by atoms with E-state index in [2.05, 4.69) is 17.6 Å². The number of rotatable bonds is 20. The first-order chi connectivity index (χ1) is 14.0. The molecule has 0 aromatic carbocycles. The summed E-state index contributed by atoms with van der Waals surface area (Å²) < 4.78 is 15.6. The lowest BCUT2D eigenvalue weighted by Gasteiger charge is -2.14. The van der Waals surface area contributed by atoms with E-state index in [0.717, 1.165) is 32.1 Å². The first kappa shape index (κ1) is 27.5. The minimum absolute atomic E-state index is 0.00122. The van der Waals surface area contributed by atoms with Gasteiger partial charge in [-0.15, -0.1) is 0 Å². The molecule has 0 saturated carbocycles. The van der Waals surface area contributed by atoms with Crippen molar-refractivity contribution < 1.29 is 28.6 Å². The molecule has 1 atom stereocenters. The highest BCUT2D eigenvalue weighted by molar-refractivity contribution is 5.80. The van der Waals surface area contributed by atoms with E-state index < -0.39 is 0 Å². The Kier molecular flexibility index (Phi) is 18.8. The molecule has 170 valence electrons. The largest absolute Gasteiger partial charge is 0.377 e. The number of hydrogen-bond acceptors (Lipinski definition) is 6. The van der Waals surface area contributed by atoms with E-state index in [9.17, 15) is 14.4 Å². The SMILES string of the molecule is CCC[C@@H](CCCCNC(=O)COCCOCCNC(=O)COCC)C(=O)CC. The smallest absolute Gasteiger partial charge is 0.246 e. The van der Waals surface area contributed by atoms with Crippen molar-refractivity contribution in [2.45, 2.75) is 59.3 Å². The van der Waals surface area contributed by atoms with Gasteiger partial charge in [0.25, 0.3) is 0 Å². The van der Waals surface area contributed by atoms with Crippen LogP contribution in [-0.4, -0.2) is 70.3 Å². The van der Waals surface area contributed by atoms with E-state index in [1.807, 2.05) is 13.8 Å². The third-order valence-corrected chi connectivity index (χ3v) is 4.35. The van der Waals surface area contributed by atoms with Crippen molar-refractivity contribution in [2.24, 2.45) is 5.92 Å². The highest BCUT2D eigenvalue weighted by atomic mass is 16.5. The summed E-state index contributed by atoms with van der Waals surface area (Å²) in [4.78, 5) is 34.8. The molecule has 0 unspecified atom stereocenters. The second kappa shape index (κ2) is 19.8. The number of nitrogens with one attached hydrogen (secondary N) is 2. The molecule has 8 heteroatoms. The van der Waals surface area contributed by atoms with Gasteiger partial charge in [-0.3, -0.25) is 14.4 Å². The fourth-order valence-corrected chi connectivity index (χ4v) is 2.79. The average molecular weight is 417 g/mol. The van der Waals surface area contributed by atoms with Crippen molar-refractivity contribution in [1.29, 1.82) is 0 Å². The Hall–Kier alpha value is -1.51. The highest BCUT2D eigenvalue weighted by Gasteiger charge is 2.14. The van der Waals surface area contributed by atoms with Crippen LogP contribution in [0.15, 0.2) is 0 Å². The number of ketones is 1. The van der Waals surface area contributed by atoms with E-state index in [1.54, 1.807) is 0 Å². The molecule has 0 aromatic rings. The topological polar surface area (TPSA) is 103 Å². The molecule has 0 aromatic heterocycles. The third kappa shape index (κ3) is 17.1. The summed E-state index contributed by atoms with van der Waals surface area (Å²) in [6.45, 7) is 8.48. The van der Waals surface area contributed by atoms with Gasteiger partial charge >= 0.3 is 0 Å². The number of ether oxygens (including phenoxy) is 3. The van der Waals surface area contributed by atoms with Gasteiger partial charge in [-0.25, -0.2) is 0 Å². The Labute approximate surface area is 175 Å². The van der Waals surface area contributed by atoms with Crippen LogP contribution in [0.4, 0.5) is 0 Å². The van der Waals surface area contributed by atoms with Crippen molar-refractivity contribution >= 4 is 17.6 Å². The van der Waals surface area contributed by atoms with E-state index >= 15 is 0 Å². The maximum Gasteiger partial charge on any atom is 0.246 e. The number of unbranched alkanes of at least 4 members (excludes halogenated alkanes) is 1. The summed E-state index contributed by atoms with van der Waals surface area (Å²) in [5.41, 5.74) is 0. The third-order valence-electron chi connectivity index (χ3n) is 4.35. The Balaban J connectivity index is 3.50. The van der Waals surface area contributed by atoms with Crippen molar-refractivity contribution in [1.82, 2.24) is 10.6 Å². The average Bonchev–Trinajstić information content (AvgIpc) is 2.72. The quantitative estimate of drug-likeness (QED) is 0.294. The summed E-state index contributed by atoms with van der Waals surface area (Å²) >= 11 is 0. The number of carbonyl (C=O) groups is 3. The van der Waals surface area contributed by atoms with Gasteiger partial charge in [-0.2, -0.15) is 0 Å². The number of Topliss-reactive ketones (excluding diaryl/α,β-unsaturated/α-hetero) is 1. The van der Waals surface area contributed by atoms with Crippen LogP contribution in [0.1, 0.15) is 59.3 Å². The molecule has 29 heavy (non-hydrogen) atoms. The minimum Gasteiger partial charge on any atom is -0.377 e. The lowest BCUT2D eigenvalue weighted by atomic mass is 9.91. The molecule has 0 aliphatic carbocycles. The molecular formula is C21H40N2O6. The van der Waals surface area contributed by atoms with E-state index in [0.29, 0.717) is 51.7 Å². The summed E-state index contributed by atoms with van der Waals surface area (Å²) in [5, 5.41) is 5.49. The molecule has 0 fully saturated rings. The Morgan fingerprint density at radius 3 is 2.07 bits per heavy atom. The molecular weight excluding hydrogens is 376 g/mol. The second-order valence-corrected chi connectivity index (χ2v) is 6.80. The fraction of sp³-hybridized carbons (Fsp3) is 0.857. The predicted octanol–water partition coefficient (Wildman–Crippen LogP) is 1.85. The van der Waals surface area contributed by atoms with Crippen LogP contribution < -0.4 is 10.6 Å². The Bertz CT molecular complexity index is 445. The van der Waals surface area contributed by atoms with Gasteiger partial charge < -0.3 is 24.8 Å². The maximum atomic E-state index is 11.9.